The van der Waals surface area contributed by atoms with Crippen molar-refractivity contribution in [3.05, 3.63) is 21.1 Å². The van der Waals surface area contributed by atoms with Gasteiger partial charge in [0.1, 0.15) is 5.01 Å². The van der Waals surface area contributed by atoms with Gasteiger partial charge >= 0.3 is 6.18 Å². The van der Waals surface area contributed by atoms with Crippen LogP contribution in [0.2, 0.25) is 0 Å². The summed E-state index contributed by atoms with van der Waals surface area (Å²) < 4.78 is 37.3. The molecule has 104 valence electrons. The van der Waals surface area contributed by atoms with Crippen LogP contribution in [0.5, 0.6) is 0 Å². The average molecular weight is 308 g/mol. The molecule has 2 aromatic rings. The summed E-state index contributed by atoms with van der Waals surface area (Å²) >= 11 is 2.08. The first-order valence-electron chi connectivity index (χ1n) is 5.45. The first-order valence-corrected chi connectivity index (χ1v) is 7.09. The minimum absolute atomic E-state index is 0.237. The van der Waals surface area contributed by atoms with E-state index in [1.807, 2.05) is 6.92 Å². The first-order chi connectivity index (χ1) is 8.90. The molecular weight excluding hydrogens is 297 g/mol. The summed E-state index contributed by atoms with van der Waals surface area (Å²) in [6.45, 7) is 2.46. The summed E-state index contributed by atoms with van der Waals surface area (Å²) in [4.78, 5) is 6.99. The summed E-state index contributed by atoms with van der Waals surface area (Å²) in [6, 6.07) is 0. The molecule has 2 rings (SSSR count). The zero-order chi connectivity index (χ0) is 14.0. The summed E-state index contributed by atoms with van der Waals surface area (Å²) in [5.74, 6) is 0. The second-order valence-corrected chi connectivity index (χ2v) is 5.97. The SMILES string of the molecule is CCc1cnc(CN(C)c2nnc(C(F)(F)F)s2)s1. The molecule has 2 heterocycles. The van der Waals surface area contributed by atoms with Crippen LogP contribution in [0.4, 0.5) is 18.3 Å². The third-order valence-corrected chi connectivity index (χ3v) is 4.51. The molecule has 0 amide bonds. The maximum Gasteiger partial charge on any atom is 0.445 e. The summed E-state index contributed by atoms with van der Waals surface area (Å²) in [5, 5.41) is 6.87. The molecule has 0 aliphatic heterocycles. The second kappa shape index (κ2) is 5.41. The lowest BCUT2D eigenvalue weighted by Crippen LogP contribution is -2.15. The van der Waals surface area contributed by atoms with E-state index < -0.39 is 11.2 Å². The predicted molar refractivity (Wildman–Crippen MR) is 68.5 cm³/mol. The zero-order valence-corrected chi connectivity index (χ0v) is 11.9. The number of thiazole rings is 1. The zero-order valence-electron chi connectivity index (χ0n) is 10.2. The highest BCUT2D eigenvalue weighted by molar-refractivity contribution is 7.15. The Morgan fingerprint density at radius 3 is 2.53 bits per heavy atom. The Morgan fingerprint density at radius 2 is 2.00 bits per heavy atom. The summed E-state index contributed by atoms with van der Waals surface area (Å²) in [6.07, 6.45) is -1.75. The molecule has 0 N–H and O–H groups in total. The van der Waals surface area contributed by atoms with Crippen LogP contribution in [0.25, 0.3) is 0 Å². The van der Waals surface area contributed by atoms with E-state index in [0.717, 1.165) is 16.3 Å². The van der Waals surface area contributed by atoms with Gasteiger partial charge in [-0.1, -0.05) is 18.3 Å². The summed E-state index contributed by atoms with van der Waals surface area (Å²) in [7, 11) is 1.67. The van der Waals surface area contributed by atoms with E-state index in [2.05, 4.69) is 15.2 Å². The monoisotopic (exact) mass is 308 g/mol. The third-order valence-electron chi connectivity index (χ3n) is 2.31. The predicted octanol–water partition coefficient (Wildman–Crippen LogP) is 3.21. The van der Waals surface area contributed by atoms with Crippen molar-refractivity contribution in [3.8, 4) is 0 Å². The van der Waals surface area contributed by atoms with Gasteiger partial charge in [0.15, 0.2) is 0 Å². The van der Waals surface area contributed by atoms with Crippen LogP contribution < -0.4 is 4.90 Å². The van der Waals surface area contributed by atoms with Gasteiger partial charge in [0.2, 0.25) is 10.1 Å². The topological polar surface area (TPSA) is 41.9 Å². The Kier molecular flexibility index (Phi) is 4.04. The molecule has 0 saturated carbocycles. The van der Waals surface area contributed by atoms with Crippen LogP contribution in [0.15, 0.2) is 6.20 Å². The van der Waals surface area contributed by atoms with Crippen molar-refractivity contribution in [1.82, 2.24) is 15.2 Å². The third kappa shape index (κ3) is 3.41. The van der Waals surface area contributed by atoms with Gasteiger partial charge < -0.3 is 4.90 Å². The molecule has 0 radical (unpaired) electrons. The maximum absolute atomic E-state index is 12.4. The van der Waals surface area contributed by atoms with E-state index in [0.29, 0.717) is 17.9 Å². The van der Waals surface area contributed by atoms with Gasteiger partial charge in [-0.15, -0.1) is 21.5 Å². The van der Waals surface area contributed by atoms with Crippen LogP contribution in [0.1, 0.15) is 21.8 Å². The highest BCUT2D eigenvalue weighted by Gasteiger charge is 2.36. The van der Waals surface area contributed by atoms with E-state index >= 15 is 0 Å². The maximum atomic E-state index is 12.4. The number of anilines is 1. The normalized spacial score (nSPS) is 11.8. The highest BCUT2D eigenvalue weighted by atomic mass is 32.1. The molecule has 0 aliphatic rings. The lowest BCUT2D eigenvalue weighted by atomic mass is 10.4. The fourth-order valence-electron chi connectivity index (χ4n) is 1.34. The number of hydrogen-bond donors (Lipinski definition) is 0. The lowest BCUT2D eigenvalue weighted by molar-refractivity contribution is -0.138. The van der Waals surface area contributed by atoms with E-state index in [1.165, 1.54) is 0 Å². The van der Waals surface area contributed by atoms with Gasteiger partial charge in [0, 0.05) is 18.1 Å². The molecule has 0 fully saturated rings. The second-order valence-electron chi connectivity index (χ2n) is 3.82. The Balaban J connectivity index is 2.07. The van der Waals surface area contributed by atoms with Crippen LogP contribution in [0.3, 0.4) is 0 Å². The van der Waals surface area contributed by atoms with Crippen molar-refractivity contribution in [1.29, 1.82) is 0 Å². The quantitative estimate of drug-likeness (QED) is 0.870. The van der Waals surface area contributed by atoms with Crippen LogP contribution in [-0.4, -0.2) is 22.2 Å². The minimum Gasteiger partial charge on any atom is -0.343 e. The number of nitrogens with zero attached hydrogens (tertiary/aromatic N) is 4. The minimum atomic E-state index is -4.44. The Bertz CT molecular complexity index is 549. The highest BCUT2D eigenvalue weighted by Crippen LogP contribution is 2.34. The Labute approximate surface area is 115 Å². The molecule has 9 heteroatoms. The van der Waals surface area contributed by atoms with E-state index in [-0.39, 0.29) is 5.13 Å². The van der Waals surface area contributed by atoms with Crippen molar-refractivity contribution in [2.45, 2.75) is 26.1 Å². The molecule has 4 nitrogen and oxygen atoms in total. The van der Waals surface area contributed by atoms with Gasteiger partial charge in [-0.2, -0.15) is 13.2 Å². The Morgan fingerprint density at radius 1 is 1.26 bits per heavy atom. The molecule has 0 bridgehead atoms. The lowest BCUT2D eigenvalue weighted by Gasteiger charge is -2.12. The number of halogens is 3. The number of aromatic nitrogens is 3. The number of rotatable bonds is 4. The number of hydrogen-bond acceptors (Lipinski definition) is 6. The average Bonchev–Trinajstić information content (AvgIpc) is 2.96. The van der Waals surface area contributed by atoms with Crippen LogP contribution >= 0.6 is 22.7 Å². The van der Waals surface area contributed by atoms with Crippen LogP contribution in [0, 0.1) is 0 Å². The van der Waals surface area contributed by atoms with Crippen molar-refractivity contribution >= 4 is 27.8 Å². The fraction of sp³-hybridized carbons (Fsp3) is 0.500. The molecule has 0 spiro atoms. The van der Waals surface area contributed by atoms with E-state index in [1.54, 1.807) is 29.5 Å². The number of aryl methyl sites for hydroxylation is 1. The molecule has 2 aromatic heterocycles. The molecule has 19 heavy (non-hydrogen) atoms. The molecule has 0 aliphatic carbocycles. The molecule has 0 saturated heterocycles. The smallest absolute Gasteiger partial charge is 0.343 e. The molecule has 0 unspecified atom stereocenters. The molecule has 0 atom stereocenters. The van der Waals surface area contributed by atoms with Gasteiger partial charge in [0.25, 0.3) is 0 Å². The fourth-order valence-corrected chi connectivity index (χ4v) is 2.93. The molecule has 0 aromatic carbocycles. The summed E-state index contributed by atoms with van der Waals surface area (Å²) in [5.41, 5.74) is 0. The van der Waals surface area contributed by atoms with Crippen LogP contribution in [-0.2, 0) is 19.1 Å². The van der Waals surface area contributed by atoms with E-state index in [9.17, 15) is 13.2 Å². The van der Waals surface area contributed by atoms with Crippen molar-refractivity contribution < 1.29 is 13.2 Å². The number of alkyl halides is 3. The van der Waals surface area contributed by atoms with Gasteiger partial charge in [-0.05, 0) is 6.42 Å². The van der Waals surface area contributed by atoms with Gasteiger partial charge in [-0.3, -0.25) is 0 Å². The van der Waals surface area contributed by atoms with Crippen molar-refractivity contribution in [3.63, 3.8) is 0 Å². The Hall–Kier alpha value is -1.22. The van der Waals surface area contributed by atoms with Gasteiger partial charge in [0.05, 0.1) is 6.54 Å². The first kappa shape index (κ1) is 14.2. The van der Waals surface area contributed by atoms with Crippen molar-refractivity contribution in [2.75, 3.05) is 11.9 Å². The van der Waals surface area contributed by atoms with E-state index in [4.69, 9.17) is 0 Å². The standard InChI is InChI=1S/C10H11F3N4S2/c1-3-6-4-14-7(18-6)5-17(2)9-16-15-8(19-9)10(11,12)13/h4H,3,5H2,1-2H3. The largest absolute Gasteiger partial charge is 0.445 e. The molecular formula is C10H11F3N4S2. The van der Waals surface area contributed by atoms with Gasteiger partial charge in [-0.25, -0.2) is 4.98 Å². The van der Waals surface area contributed by atoms with Crippen molar-refractivity contribution in [2.24, 2.45) is 0 Å².